The topological polar surface area (TPSA) is 58.3 Å². The van der Waals surface area contributed by atoms with E-state index in [9.17, 15) is 0 Å². The van der Waals surface area contributed by atoms with Gasteiger partial charge < -0.3 is 14.8 Å². The Hall–Kier alpha value is -1.59. The second-order valence-corrected chi connectivity index (χ2v) is 6.77. The van der Waals surface area contributed by atoms with Crippen LogP contribution >= 0.6 is 0 Å². The Morgan fingerprint density at radius 3 is 2.68 bits per heavy atom. The van der Waals surface area contributed by atoms with Crippen LogP contribution in [0.25, 0.3) is 0 Å². The Labute approximate surface area is 133 Å². The van der Waals surface area contributed by atoms with Crippen molar-refractivity contribution < 1.29 is 0 Å². The molecule has 2 fully saturated rings. The Balaban J connectivity index is 1.69. The number of hydrogen-bond acceptors (Lipinski definition) is 3. The molecule has 1 aromatic heterocycles. The fraction of sp³-hybridized carbons (Fsp3) is 0.812. The number of hydrogen-bond donors (Lipinski definition) is 1. The zero-order valence-corrected chi connectivity index (χ0v) is 14.1. The van der Waals surface area contributed by atoms with Crippen LogP contribution in [0.3, 0.4) is 0 Å². The number of rotatable bonds is 3. The summed E-state index contributed by atoms with van der Waals surface area (Å²) in [5.74, 6) is 2.89. The predicted octanol–water partition coefficient (Wildman–Crippen LogP) is 1.86. The number of likely N-dealkylation sites (tertiary alicyclic amines) is 1. The molecule has 6 nitrogen and oxygen atoms in total. The second kappa shape index (κ2) is 6.26. The van der Waals surface area contributed by atoms with E-state index < -0.39 is 0 Å². The summed E-state index contributed by atoms with van der Waals surface area (Å²) in [5.41, 5.74) is 0.567. The van der Waals surface area contributed by atoms with E-state index in [2.05, 4.69) is 27.3 Å². The highest BCUT2D eigenvalue weighted by atomic mass is 15.3. The molecule has 1 aliphatic carbocycles. The van der Waals surface area contributed by atoms with Gasteiger partial charge in [0.25, 0.3) is 0 Å². The lowest BCUT2D eigenvalue weighted by Crippen LogP contribution is -2.41. The van der Waals surface area contributed by atoms with Gasteiger partial charge in [0.15, 0.2) is 11.8 Å². The van der Waals surface area contributed by atoms with E-state index in [0.717, 1.165) is 37.2 Å². The van der Waals surface area contributed by atoms with Crippen LogP contribution in [-0.2, 0) is 13.6 Å². The number of aromatic nitrogens is 3. The molecule has 0 unspecified atom stereocenters. The van der Waals surface area contributed by atoms with Crippen LogP contribution in [0.5, 0.6) is 0 Å². The van der Waals surface area contributed by atoms with Crippen molar-refractivity contribution in [2.75, 3.05) is 19.6 Å². The van der Waals surface area contributed by atoms with E-state index in [4.69, 9.17) is 4.99 Å². The van der Waals surface area contributed by atoms with Gasteiger partial charge in [0.1, 0.15) is 12.4 Å². The lowest BCUT2D eigenvalue weighted by atomic mass is 9.86. The summed E-state index contributed by atoms with van der Waals surface area (Å²) in [7, 11) is 2.00. The third-order valence-corrected chi connectivity index (χ3v) is 5.29. The minimum Gasteiger partial charge on any atom is -0.357 e. The first kappa shape index (κ1) is 15.3. The van der Waals surface area contributed by atoms with Crippen molar-refractivity contribution in [1.29, 1.82) is 0 Å². The molecular formula is C16H28N6. The molecule has 0 atom stereocenters. The minimum absolute atomic E-state index is 0.567. The standard InChI is InChI=1S/C16H28N6/c1-4-17-15(18-11-14-20-19-13(2)21(14)3)22-10-9-16(12-22)7-5-6-8-16/h4-12H2,1-3H3,(H,17,18). The molecule has 122 valence electrons. The Kier molecular flexibility index (Phi) is 4.36. The van der Waals surface area contributed by atoms with Crippen molar-refractivity contribution >= 4 is 5.96 Å². The number of guanidine groups is 1. The maximum atomic E-state index is 4.80. The normalized spacial score (nSPS) is 21.0. The van der Waals surface area contributed by atoms with E-state index in [1.54, 1.807) is 0 Å². The Bertz CT molecular complexity index is 541. The van der Waals surface area contributed by atoms with E-state index in [1.165, 1.54) is 32.1 Å². The van der Waals surface area contributed by atoms with Gasteiger partial charge in [0.2, 0.25) is 0 Å². The van der Waals surface area contributed by atoms with Crippen molar-refractivity contribution in [3.05, 3.63) is 11.6 Å². The monoisotopic (exact) mass is 304 g/mol. The highest BCUT2D eigenvalue weighted by Crippen LogP contribution is 2.45. The van der Waals surface area contributed by atoms with Crippen LogP contribution in [0.4, 0.5) is 0 Å². The van der Waals surface area contributed by atoms with Crippen molar-refractivity contribution in [3.63, 3.8) is 0 Å². The maximum absolute atomic E-state index is 4.80. The summed E-state index contributed by atoms with van der Waals surface area (Å²) in [5, 5.41) is 11.8. The minimum atomic E-state index is 0.567. The molecule has 22 heavy (non-hydrogen) atoms. The molecule has 2 aliphatic rings. The Morgan fingerprint density at radius 2 is 2.05 bits per heavy atom. The predicted molar refractivity (Wildman–Crippen MR) is 87.6 cm³/mol. The van der Waals surface area contributed by atoms with E-state index in [-0.39, 0.29) is 0 Å². The van der Waals surface area contributed by atoms with Crippen molar-refractivity contribution in [1.82, 2.24) is 25.0 Å². The first-order valence-corrected chi connectivity index (χ1v) is 8.52. The summed E-state index contributed by atoms with van der Waals surface area (Å²) in [6.45, 7) is 7.88. The SMILES string of the molecule is CCNC(=NCc1nnc(C)n1C)N1CCC2(CCCC2)C1. The fourth-order valence-electron chi connectivity index (χ4n) is 3.81. The van der Waals surface area contributed by atoms with E-state index >= 15 is 0 Å². The van der Waals surface area contributed by atoms with Crippen LogP contribution in [-0.4, -0.2) is 45.3 Å². The van der Waals surface area contributed by atoms with Gasteiger partial charge >= 0.3 is 0 Å². The van der Waals surface area contributed by atoms with Gasteiger partial charge in [-0.25, -0.2) is 4.99 Å². The van der Waals surface area contributed by atoms with Crippen molar-refractivity contribution in [2.45, 2.75) is 52.5 Å². The molecular weight excluding hydrogens is 276 g/mol. The molecule has 0 radical (unpaired) electrons. The third-order valence-electron chi connectivity index (χ3n) is 5.29. The third kappa shape index (κ3) is 2.96. The molecule has 1 spiro atoms. The van der Waals surface area contributed by atoms with Gasteiger partial charge in [0, 0.05) is 26.7 Å². The molecule has 1 saturated carbocycles. The lowest BCUT2D eigenvalue weighted by Gasteiger charge is -2.25. The molecule has 1 N–H and O–H groups in total. The number of aryl methyl sites for hydroxylation is 1. The number of aliphatic imine (C=N–C) groups is 1. The first-order chi connectivity index (χ1) is 10.6. The van der Waals surface area contributed by atoms with Crippen LogP contribution in [0.15, 0.2) is 4.99 Å². The van der Waals surface area contributed by atoms with Gasteiger partial charge in [0.05, 0.1) is 0 Å². The summed E-state index contributed by atoms with van der Waals surface area (Å²) < 4.78 is 2.01. The van der Waals surface area contributed by atoms with Crippen LogP contribution < -0.4 is 5.32 Å². The van der Waals surface area contributed by atoms with Gasteiger partial charge in [-0.15, -0.1) is 10.2 Å². The average Bonchev–Trinajstić information content (AvgIpc) is 3.22. The largest absolute Gasteiger partial charge is 0.357 e. The second-order valence-electron chi connectivity index (χ2n) is 6.77. The van der Waals surface area contributed by atoms with E-state index in [0.29, 0.717) is 12.0 Å². The molecule has 0 amide bonds. The number of nitrogens with one attached hydrogen (secondary N) is 1. The van der Waals surface area contributed by atoms with Crippen LogP contribution in [0.2, 0.25) is 0 Å². The van der Waals surface area contributed by atoms with Crippen molar-refractivity contribution in [3.8, 4) is 0 Å². The number of nitrogens with zero attached hydrogens (tertiary/aromatic N) is 5. The Morgan fingerprint density at radius 1 is 1.27 bits per heavy atom. The van der Waals surface area contributed by atoms with E-state index in [1.807, 2.05) is 18.5 Å². The molecule has 0 bridgehead atoms. The molecule has 0 aromatic carbocycles. The quantitative estimate of drug-likeness (QED) is 0.684. The highest BCUT2D eigenvalue weighted by Gasteiger charge is 2.41. The average molecular weight is 304 g/mol. The zero-order valence-electron chi connectivity index (χ0n) is 14.1. The smallest absolute Gasteiger partial charge is 0.194 e. The van der Waals surface area contributed by atoms with Gasteiger partial charge in [-0.1, -0.05) is 12.8 Å². The molecule has 1 saturated heterocycles. The highest BCUT2D eigenvalue weighted by molar-refractivity contribution is 5.80. The maximum Gasteiger partial charge on any atom is 0.194 e. The van der Waals surface area contributed by atoms with Gasteiger partial charge in [-0.3, -0.25) is 0 Å². The van der Waals surface area contributed by atoms with Gasteiger partial charge in [-0.05, 0) is 38.5 Å². The molecule has 6 heteroatoms. The first-order valence-electron chi connectivity index (χ1n) is 8.52. The summed E-state index contributed by atoms with van der Waals surface area (Å²) in [6, 6.07) is 0. The zero-order chi connectivity index (χ0) is 15.6. The molecule has 1 aromatic rings. The molecule has 1 aliphatic heterocycles. The van der Waals surface area contributed by atoms with Crippen LogP contribution in [0, 0.1) is 12.3 Å². The summed E-state index contributed by atoms with van der Waals surface area (Å²) in [6.07, 6.45) is 6.91. The fourth-order valence-corrected chi connectivity index (χ4v) is 3.81. The summed E-state index contributed by atoms with van der Waals surface area (Å²) in [4.78, 5) is 7.25. The molecule has 2 heterocycles. The van der Waals surface area contributed by atoms with Crippen LogP contribution in [0.1, 0.15) is 50.7 Å². The van der Waals surface area contributed by atoms with Gasteiger partial charge in [-0.2, -0.15) is 0 Å². The lowest BCUT2D eigenvalue weighted by molar-refractivity contribution is 0.309. The summed E-state index contributed by atoms with van der Waals surface area (Å²) >= 11 is 0. The molecule has 3 rings (SSSR count). The van der Waals surface area contributed by atoms with Crippen molar-refractivity contribution in [2.24, 2.45) is 17.5 Å².